The summed E-state index contributed by atoms with van der Waals surface area (Å²) in [5.74, 6) is -0.393. The Bertz CT molecular complexity index is 1760. The van der Waals surface area contributed by atoms with Crippen LogP contribution in [-0.2, 0) is 40.4 Å². The number of hydrogen-bond acceptors (Lipinski definition) is 10. The van der Waals surface area contributed by atoms with Gasteiger partial charge in [0, 0.05) is 38.7 Å². The van der Waals surface area contributed by atoms with Crippen LogP contribution in [0.25, 0.3) is 0 Å². The van der Waals surface area contributed by atoms with Gasteiger partial charge >= 0.3 is 12.1 Å². The summed E-state index contributed by atoms with van der Waals surface area (Å²) in [4.78, 5) is 61.5. The number of urea groups is 1. The Morgan fingerprint density at radius 3 is 2.20 bits per heavy atom. The minimum Gasteiger partial charge on any atom is -0.497 e. The van der Waals surface area contributed by atoms with E-state index in [1.54, 1.807) is 56.9 Å². The van der Waals surface area contributed by atoms with Crippen molar-refractivity contribution in [3.8, 4) is 5.75 Å². The van der Waals surface area contributed by atoms with Crippen molar-refractivity contribution in [1.29, 1.82) is 0 Å². The predicted octanol–water partition coefficient (Wildman–Crippen LogP) is 4.25. The van der Waals surface area contributed by atoms with Gasteiger partial charge in [0.2, 0.25) is 5.91 Å². The standard InChI is InChI=1S/C40H57N7O8S/c1-39(2,3)33(43-37(51)52)35(49)44-46(21-27-14-16-29(55-8)17-15-27)23-31(48)30(20-26-12-10-9-11-13-26)42-36(50)34(40(4,5)6)47-19-18-45(38(47)53)22-28-25-56-32(41-28)24-54-7/h9-17,25,30-31,33-34,43,48H,18-24H2,1-8H3,(H,42,50)(H,44,49)(H,51,52)/t30-,31-,33+,34+/m0/s1. The fraction of sp³-hybridized carbons (Fsp3) is 0.525. The van der Waals surface area contributed by atoms with Gasteiger partial charge in [0.15, 0.2) is 0 Å². The van der Waals surface area contributed by atoms with Crippen LogP contribution >= 0.6 is 11.3 Å². The van der Waals surface area contributed by atoms with Crippen LogP contribution in [0, 0.1) is 10.8 Å². The van der Waals surface area contributed by atoms with Crippen LogP contribution in [0.4, 0.5) is 9.59 Å². The maximum Gasteiger partial charge on any atom is 0.405 e. The largest absolute Gasteiger partial charge is 0.497 e. The maximum atomic E-state index is 14.5. The number of carbonyl (C=O) groups is 4. The molecule has 306 valence electrons. The van der Waals surface area contributed by atoms with Gasteiger partial charge in [0.25, 0.3) is 5.91 Å². The summed E-state index contributed by atoms with van der Waals surface area (Å²) in [6.07, 6.45) is -2.34. The van der Waals surface area contributed by atoms with E-state index >= 15 is 0 Å². The molecule has 4 rings (SSSR count). The van der Waals surface area contributed by atoms with Crippen molar-refractivity contribution in [1.82, 2.24) is 35.9 Å². The number of rotatable bonds is 18. The normalized spacial score (nSPS) is 15.6. The number of aromatic nitrogens is 1. The molecule has 0 bridgehead atoms. The highest BCUT2D eigenvalue weighted by molar-refractivity contribution is 7.09. The van der Waals surface area contributed by atoms with Gasteiger partial charge in [0.1, 0.15) is 22.8 Å². The first kappa shape index (κ1) is 44.0. The van der Waals surface area contributed by atoms with E-state index in [9.17, 15) is 29.4 Å². The Kier molecular flexibility index (Phi) is 15.2. The second-order valence-electron chi connectivity index (χ2n) is 16.2. The third kappa shape index (κ3) is 12.4. The Morgan fingerprint density at radius 1 is 0.929 bits per heavy atom. The third-order valence-corrected chi connectivity index (χ3v) is 10.3. The van der Waals surface area contributed by atoms with Crippen molar-refractivity contribution >= 4 is 35.3 Å². The van der Waals surface area contributed by atoms with Crippen LogP contribution in [0.5, 0.6) is 5.75 Å². The van der Waals surface area contributed by atoms with Crippen molar-refractivity contribution in [2.45, 2.75) is 91.9 Å². The van der Waals surface area contributed by atoms with E-state index in [2.05, 4.69) is 21.0 Å². The molecule has 2 heterocycles. The van der Waals surface area contributed by atoms with Gasteiger partial charge in [-0.05, 0) is 40.5 Å². The van der Waals surface area contributed by atoms with Gasteiger partial charge in [-0.25, -0.2) is 19.6 Å². The lowest BCUT2D eigenvalue weighted by atomic mass is 9.84. The first-order chi connectivity index (χ1) is 26.4. The fourth-order valence-corrected chi connectivity index (χ4v) is 7.44. The number of hydrazine groups is 1. The minimum absolute atomic E-state index is 0.136. The number of methoxy groups -OCH3 is 2. The zero-order valence-corrected chi connectivity index (χ0v) is 34.4. The van der Waals surface area contributed by atoms with E-state index in [1.807, 2.05) is 68.6 Å². The Morgan fingerprint density at radius 2 is 1.61 bits per heavy atom. The van der Waals surface area contributed by atoms with Gasteiger partial charge in [-0.1, -0.05) is 84.0 Å². The molecular formula is C40H57N7O8S. The lowest BCUT2D eigenvalue weighted by Gasteiger charge is -2.38. The molecular weight excluding hydrogens is 739 g/mol. The molecule has 16 heteroatoms. The molecule has 0 aliphatic carbocycles. The topological polar surface area (TPSA) is 186 Å². The third-order valence-electron chi connectivity index (χ3n) is 9.42. The average Bonchev–Trinajstić information content (AvgIpc) is 3.72. The zero-order valence-electron chi connectivity index (χ0n) is 33.6. The van der Waals surface area contributed by atoms with Crippen LogP contribution < -0.4 is 20.8 Å². The maximum absolute atomic E-state index is 14.5. The number of carbonyl (C=O) groups excluding carboxylic acids is 3. The number of aliphatic hydroxyl groups excluding tert-OH is 1. The van der Waals surface area contributed by atoms with E-state index in [1.165, 1.54) is 16.3 Å². The van der Waals surface area contributed by atoms with Crippen LogP contribution in [0.2, 0.25) is 0 Å². The van der Waals surface area contributed by atoms with Crippen LogP contribution in [0.15, 0.2) is 60.0 Å². The molecule has 3 aromatic rings. The van der Waals surface area contributed by atoms with Gasteiger partial charge in [0.05, 0.1) is 38.1 Å². The van der Waals surface area contributed by atoms with Crippen molar-refractivity contribution in [3.63, 3.8) is 0 Å². The van der Waals surface area contributed by atoms with E-state index in [4.69, 9.17) is 9.47 Å². The summed E-state index contributed by atoms with van der Waals surface area (Å²) in [6.45, 7) is 12.4. The summed E-state index contributed by atoms with van der Waals surface area (Å²) in [6, 6.07) is 13.5. The molecule has 0 radical (unpaired) electrons. The SMILES string of the molecule is COCc1nc(CN2CCN([C@H](C(=O)N[C@@H](Cc3ccccc3)[C@@H](O)CN(Cc3ccc(OC)cc3)NC(=O)[C@@H](NC(=O)O)C(C)(C)C)C(C)(C)C)C2=O)cs1. The zero-order chi connectivity index (χ0) is 41.2. The number of hydrogen-bond donors (Lipinski definition) is 5. The number of benzene rings is 2. The van der Waals surface area contributed by atoms with Gasteiger partial charge in [-0.2, -0.15) is 0 Å². The van der Waals surface area contributed by atoms with Gasteiger partial charge in [-0.15, -0.1) is 11.3 Å². The van der Waals surface area contributed by atoms with Crippen molar-refractivity contribution in [2.75, 3.05) is 33.9 Å². The molecule has 2 aromatic carbocycles. The van der Waals surface area contributed by atoms with Crippen LogP contribution in [0.3, 0.4) is 0 Å². The van der Waals surface area contributed by atoms with Crippen molar-refractivity contribution in [3.05, 3.63) is 81.8 Å². The molecule has 56 heavy (non-hydrogen) atoms. The van der Waals surface area contributed by atoms with Crippen molar-refractivity contribution in [2.24, 2.45) is 10.8 Å². The molecule has 0 unspecified atom stereocenters. The average molecular weight is 796 g/mol. The molecule has 5 N–H and O–H groups in total. The van der Waals surface area contributed by atoms with Gasteiger partial charge in [-0.3, -0.25) is 15.0 Å². The summed E-state index contributed by atoms with van der Waals surface area (Å²) in [5, 5.41) is 31.2. The van der Waals surface area contributed by atoms with Gasteiger partial charge < -0.3 is 40.1 Å². The second kappa shape index (κ2) is 19.4. The summed E-state index contributed by atoms with van der Waals surface area (Å²) >= 11 is 1.46. The van der Waals surface area contributed by atoms with E-state index in [0.29, 0.717) is 32.0 Å². The lowest BCUT2D eigenvalue weighted by molar-refractivity contribution is -0.133. The smallest absolute Gasteiger partial charge is 0.405 e. The number of nitrogens with one attached hydrogen (secondary N) is 3. The highest BCUT2D eigenvalue weighted by Crippen LogP contribution is 2.29. The van der Waals surface area contributed by atoms with E-state index in [-0.39, 0.29) is 25.5 Å². The molecule has 1 fully saturated rings. The summed E-state index contributed by atoms with van der Waals surface area (Å²) in [5.41, 5.74) is 3.75. The fourth-order valence-electron chi connectivity index (χ4n) is 6.68. The molecule has 15 nitrogen and oxygen atoms in total. The molecule has 5 amide bonds. The quantitative estimate of drug-likeness (QED) is 0.117. The number of amides is 5. The molecule has 0 spiro atoms. The minimum atomic E-state index is -1.35. The molecule has 1 aromatic heterocycles. The predicted molar refractivity (Wildman–Crippen MR) is 213 cm³/mol. The number of nitrogens with zero attached hydrogens (tertiary/aromatic N) is 4. The van der Waals surface area contributed by atoms with Crippen LogP contribution in [0.1, 0.15) is 63.4 Å². The molecule has 1 saturated heterocycles. The summed E-state index contributed by atoms with van der Waals surface area (Å²) < 4.78 is 10.5. The molecule has 1 aliphatic rings. The Balaban J connectivity index is 1.60. The van der Waals surface area contributed by atoms with Crippen LogP contribution in [-0.4, -0.2) is 112 Å². The first-order valence-corrected chi connectivity index (χ1v) is 19.5. The number of carboxylic acid groups (broad SMARTS) is 1. The first-order valence-electron chi connectivity index (χ1n) is 18.6. The molecule has 4 atom stereocenters. The number of ether oxygens (including phenoxy) is 2. The molecule has 1 aliphatic heterocycles. The second-order valence-corrected chi connectivity index (χ2v) is 17.1. The lowest BCUT2D eigenvalue weighted by Crippen LogP contribution is -2.61. The number of thiazole rings is 1. The number of aliphatic hydroxyl groups is 1. The summed E-state index contributed by atoms with van der Waals surface area (Å²) in [7, 11) is 3.16. The highest BCUT2D eigenvalue weighted by Gasteiger charge is 2.44. The van der Waals surface area contributed by atoms with Crippen molar-refractivity contribution < 1.29 is 38.9 Å². The van der Waals surface area contributed by atoms with E-state index < -0.39 is 53.0 Å². The highest BCUT2D eigenvalue weighted by atomic mass is 32.1. The Hall–Kier alpha value is -4.77. The molecule has 0 saturated carbocycles. The van der Waals surface area contributed by atoms with E-state index in [0.717, 1.165) is 21.8 Å². The monoisotopic (exact) mass is 795 g/mol. The Labute approximate surface area is 333 Å².